The van der Waals surface area contributed by atoms with Gasteiger partial charge in [-0.1, -0.05) is 36.4 Å². The van der Waals surface area contributed by atoms with Gasteiger partial charge >= 0.3 is 0 Å². The number of fused-ring (bicyclic) bond motifs is 2. The average molecular weight is 290 g/mol. The molecule has 0 spiro atoms. The summed E-state index contributed by atoms with van der Waals surface area (Å²) < 4.78 is 3.92. The summed E-state index contributed by atoms with van der Waals surface area (Å²) in [6, 6.07) is 16.8. The van der Waals surface area contributed by atoms with Crippen LogP contribution in [0.4, 0.5) is 0 Å². The van der Waals surface area contributed by atoms with Crippen LogP contribution in [-0.4, -0.2) is 19.6 Å². The van der Waals surface area contributed by atoms with E-state index in [1.54, 1.807) is 0 Å². The monoisotopic (exact) mass is 290 g/mol. The normalized spacial score (nSPS) is 11.5. The molecule has 2 aromatic carbocycles. The third-order valence-electron chi connectivity index (χ3n) is 4.27. The van der Waals surface area contributed by atoms with Crippen molar-refractivity contribution in [2.75, 3.05) is 0 Å². The smallest absolute Gasteiger partial charge is 0.0707 e. The first-order valence-electron chi connectivity index (χ1n) is 7.55. The highest BCUT2D eigenvalue weighted by atomic mass is 15.3. The van der Waals surface area contributed by atoms with Gasteiger partial charge in [0.1, 0.15) is 0 Å². The Kier molecular flexibility index (Phi) is 2.96. The van der Waals surface area contributed by atoms with Crippen LogP contribution in [0, 0.1) is 0 Å². The Balaban J connectivity index is 1.69. The lowest BCUT2D eigenvalue weighted by Crippen LogP contribution is -1.97. The topological polar surface area (TPSA) is 35.6 Å². The van der Waals surface area contributed by atoms with Crippen LogP contribution in [0.25, 0.3) is 21.8 Å². The Morgan fingerprint density at radius 1 is 0.682 bits per heavy atom. The van der Waals surface area contributed by atoms with Gasteiger partial charge < -0.3 is 0 Å². The first kappa shape index (κ1) is 13.1. The summed E-state index contributed by atoms with van der Waals surface area (Å²) in [5.74, 6) is 0. The van der Waals surface area contributed by atoms with Crippen LogP contribution in [0.5, 0.6) is 0 Å². The van der Waals surface area contributed by atoms with E-state index in [-0.39, 0.29) is 0 Å². The van der Waals surface area contributed by atoms with E-state index in [0.29, 0.717) is 0 Å². The molecule has 0 radical (unpaired) electrons. The molecular weight excluding hydrogens is 272 g/mol. The molecule has 110 valence electrons. The number of benzene rings is 2. The summed E-state index contributed by atoms with van der Waals surface area (Å²) in [7, 11) is 4.00. The van der Waals surface area contributed by atoms with Crippen LogP contribution < -0.4 is 0 Å². The minimum absolute atomic E-state index is 0.905. The molecule has 0 aliphatic rings. The second kappa shape index (κ2) is 4.98. The molecule has 4 heteroatoms. The number of hydrogen-bond donors (Lipinski definition) is 0. The molecule has 0 saturated carbocycles. The Morgan fingerprint density at radius 2 is 1.09 bits per heavy atom. The highest BCUT2D eigenvalue weighted by Crippen LogP contribution is 2.22. The number of rotatable bonds is 3. The van der Waals surface area contributed by atoms with Gasteiger partial charge in [0.15, 0.2) is 0 Å². The lowest BCUT2D eigenvalue weighted by Gasteiger charge is -1.97. The van der Waals surface area contributed by atoms with Crippen molar-refractivity contribution < 1.29 is 0 Å². The number of hydrogen-bond acceptors (Lipinski definition) is 2. The summed E-state index contributed by atoms with van der Waals surface area (Å²) >= 11 is 0. The predicted molar refractivity (Wildman–Crippen MR) is 88.8 cm³/mol. The van der Waals surface area contributed by atoms with Gasteiger partial charge in [-0.3, -0.25) is 9.36 Å². The summed E-state index contributed by atoms with van der Waals surface area (Å²) in [6.07, 6.45) is 1.81. The highest BCUT2D eigenvalue weighted by molar-refractivity contribution is 5.83. The SMILES string of the molecule is Cn1nc(CCc2nn(C)c3ccccc23)c2ccccc21. The molecular formula is C18H18N4. The van der Waals surface area contributed by atoms with E-state index in [0.717, 1.165) is 24.2 Å². The average Bonchev–Trinajstić information content (AvgIpc) is 3.04. The van der Waals surface area contributed by atoms with Gasteiger partial charge in [-0.15, -0.1) is 0 Å². The molecule has 0 unspecified atom stereocenters. The molecule has 0 fully saturated rings. The van der Waals surface area contributed by atoms with E-state index >= 15 is 0 Å². The van der Waals surface area contributed by atoms with Crippen molar-refractivity contribution in [1.82, 2.24) is 19.6 Å². The fourth-order valence-corrected chi connectivity index (χ4v) is 3.18. The molecule has 4 nitrogen and oxygen atoms in total. The lowest BCUT2D eigenvalue weighted by atomic mass is 10.1. The molecule has 2 aromatic heterocycles. The maximum atomic E-state index is 4.67. The van der Waals surface area contributed by atoms with E-state index in [1.807, 2.05) is 23.5 Å². The second-order valence-electron chi connectivity index (χ2n) is 5.67. The lowest BCUT2D eigenvalue weighted by molar-refractivity contribution is 0.734. The second-order valence-corrected chi connectivity index (χ2v) is 5.67. The Hall–Kier alpha value is -2.62. The van der Waals surface area contributed by atoms with Gasteiger partial charge in [0.2, 0.25) is 0 Å². The molecule has 0 bridgehead atoms. The molecule has 22 heavy (non-hydrogen) atoms. The van der Waals surface area contributed by atoms with Crippen LogP contribution in [0.15, 0.2) is 48.5 Å². The molecule has 0 atom stereocenters. The van der Waals surface area contributed by atoms with Crippen LogP contribution in [-0.2, 0) is 26.9 Å². The zero-order valence-electron chi connectivity index (χ0n) is 12.8. The zero-order valence-corrected chi connectivity index (χ0v) is 12.8. The van der Waals surface area contributed by atoms with Gasteiger partial charge in [0.05, 0.1) is 22.4 Å². The quantitative estimate of drug-likeness (QED) is 0.580. The van der Waals surface area contributed by atoms with Crippen molar-refractivity contribution in [1.29, 1.82) is 0 Å². The molecule has 0 N–H and O–H groups in total. The Bertz CT molecular complexity index is 882. The summed E-state index contributed by atoms with van der Waals surface area (Å²) in [6.45, 7) is 0. The largest absolute Gasteiger partial charge is 0.268 e. The van der Waals surface area contributed by atoms with Crippen LogP contribution >= 0.6 is 0 Å². The number of aryl methyl sites for hydroxylation is 4. The first-order chi connectivity index (χ1) is 10.7. The van der Waals surface area contributed by atoms with Gasteiger partial charge in [0, 0.05) is 24.9 Å². The van der Waals surface area contributed by atoms with Gasteiger partial charge in [-0.25, -0.2) is 0 Å². The fraction of sp³-hybridized carbons (Fsp3) is 0.222. The van der Waals surface area contributed by atoms with Crippen molar-refractivity contribution in [3.63, 3.8) is 0 Å². The van der Waals surface area contributed by atoms with Crippen LogP contribution in [0.3, 0.4) is 0 Å². The molecule has 2 heterocycles. The van der Waals surface area contributed by atoms with Crippen molar-refractivity contribution in [2.45, 2.75) is 12.8 Å². The number of nitrogens with zero attached hydrogens (tertiary/aromatic N) is 4. The third-order valence-corrected chi connectivity index (χ3v) is 4.27. The van der Waals surface area contributed by atoms with Gasteiger partial charge in [0.25, 0.3) is 0 Å². The van der Waals surface area contributed by atoms with E-state index in [9.17, 15) is 0 Å². The Labute approximate surface area is 129 Å². The first-order valence-corrected chi connectivity index (χ1v) is 7.55. The number of para-hydroxylation sites is 2. The van der Waals surface area contributed by atoms with Crippen molar-refractivity contribution in [3.05, 3.63) is 59.9 Å². The molecule has 4 rings (SSSR count). The van der Waals surface area contributed by atoms with E-state index < -0.39 is 0 Å². The maximum absolute atomic E-state index is 4.67. The van der Waals surface area contributed by atoms with E-state index in [2.05, 4.69) is 58.7 Å². The minimum Gasteiger partial charge on any atom is -0.268 e. The van der Waals surface area contributed by atoms with Crippen molar-refractivity contribution in [2.24, 2.45) is 14.1 Å². The third kappa shape index (κ3) is 1.99. The molecule has 0 saturated heterocycles. The summed E-state index contributed by atoms with van der Waals surface area (Å²) in [5.41, 5.74) is 4.66. The van der Waals surface area contributed by atoms with Gasteiger partial charge in [-0.05, 0) is 25.0 Å². The van der Waals surface area contributed by atoms with Crippen molar-refractivity contribution >= 4 is 21.8 Å². The standard InChI is InChI=1S/C18H18N4/c1-21-17-9-5-3-7-13(17)15(19-21)11-12-16-14-8-4-6-10-18(14)22(2)20-16/h3-10H,11-12H2,1-2H3. The molecule has 0 amide bonds. The molecule has 4 aromatic rings. The summed E-state index contributed by atoms with van der Waals surface area (Å²) in [5, 5.41) is 11.8. The molecule has 0 aliphatic heterocycles. The maximum Gasteiger partial charge on any atom is 0.0707 e. The Morgan fingerprint density at radius 3 is 1.55 bits per heavy atom. The van der Waals surface area contributed by atoms with Gasteiger partial charge in [-0.2, -0.15) is 10.2 Å². The summed E-state index contributed by atoms with van der Waals surface area (Å²) in [4.78, 5) is 0. The number of aromatic nitrogens is 4. The highest BCUT2D eigenvalue weighted by Gasteiger charge is 2.11. The van der Waals surface area contributed by atoms with E-state index in [4.69, 9.17) is 0 Å². The predicted octanol–water partition coefficient (Wildman–Crippen LogP) is 3.25. The molecule has 0 aliphatic carbocycles. The van der Waals surface area contributed by atoms with Crippen LogP contribution in [0.1, 0.15) is 11.4 Å². The van der Waals surface area contributed by atoms with E-state index in [1.165, 1.54) is 21.8 Å². The van der Waals surface area contributed by atoms with Crippen molar-refractivity contribution in [3.8, 4) is 0 Å². The minimum atomic E-state index is 0.905. The van der Waals surface area contributed by atoms with Crippen LogP contribution in [0.2, 0.25) is 0 Å². The fourth-order valence-electron chi connectivity index (χ4n) is 3.18. The zero-order chi connectivity index (χ0) is 15.1.